The summed E-state index contributed by atoms with van der Waals surface area (Å²) in [4.78, 5) is 30.9. The molecule has 2 amide bonds. The van der Waals surface area contributed by atoms with Gasteiger partial charge in [-0.1, -0.05) is 60.7 Å². The fraction of sp³-hybridized carbons (Fsp3) is 0.182. The molecule has 1 aromatic heterocycles. The molecule has 4 rings (SSSR count). The smallest absolute Gasteiger partial charge is 0.276 e. The van der Waals surface area contributed by atoms with Crippen molar-refractivity contribution >= 4 is 34.0 Å². The van der Waals surface area contributed by atoms with Crippen molar-refractivity contribution in [2.24, 2.45) is 5.10 Å². The van der Waals surface area contributed by atoms with E-state index >= 15 is 0 Å². The Morgan fingerprint density at radius 2 is 1.76 bits per heavy atom. The zero-order valence-corrected chi connectivity index (χ0v) is 16.6. The monoisotopic (exact) mass is 404 g/mol. The van der Waals surface area contributed by atoms with Crippen LogP contribution in [0.15, 0.2) is 71.1 Å². The molecule has 29 heavy (non-hydrogen) atoms. The molecule has 3 aromatic rings. The van der Waals surface area contributed by atoms with Gasteiger partial charge in [-0.05, 0) is 12.0 Å². The van der Waals surface area contributed by atoms with Crippen LogP contribution in [-0.4, -0.2) is 29.1 Å². The molecule has 0 atom stereocenters. The number of carbonyl (C=O) groups excluding carboxylic acids is 2. The van der Waals surface area contributed by atoms with Gasteiger partial charge >= 0.3 is 0 Å². The molecule has 1 aliphatic heterocycles. The molecule has 0 radical (unpaired) electrons. The third-order valence-corrected chi connectivity index (χ3v) is 5.52. The molecule has 6 nitrogen and oxygen atoms in total. The predicted molar refractivity (Wildman–Crippen MR) is 115 cm³/mol. The van der Waals surface area contributed by atoms with Crippen LogP contribution in [0.5, 0.6) is 0 Å². The molecule has 0 aliphatic carbocycles. The number of anilines is 1. The lowest BCUT2D eigenvalue weighted by Gasteiger charge is -2.22. The van der Waals surface area contributed by atoms with Crippen molar-refractivity contribution in [3.05, 3.63) is 71.6 Å². The van der Waals surface area contributed by atoms with Crippen LogP contribution in [0.3, 0.4) is 0 Å². The van der Waals surface area contributed by atoms with E-state index in [0.29, 0.717) is 30.2 Å². The van der Waals surface area contributed by atoms with Crippen LogP contribution in [0.2, 0.25) is 0 Å². The van der Waals surface area contributed by atoms with Crippen LogP contribution in [0.4, 0.5) is 5.13 Å². The van der Waals surface area contributed by atoms with Crippen LogP contribution >= 0.6 is 11.3 Å². The van der Waals surface area contributed by atoms with Crippen LogP contribution in [0.25, 0.3) is 11.3 Å². The van der Waals surface area contributed by atoms with E-state index in [2.05, 4.69) is 10.5 Å². The first-order chi connectivity index (χ1) is 14.2. The quantitative estimate of drug-likeness (QED) is 0.681. The molecule has 1 aliphatic rings. The number of hydrogen-bond donors (Lipinski definition) is 1. The molecule has 0 spiro atoms. The summed E-state index contributed by atoms with van der Waals surface area (Å²) in [6, 6.07) is 19.9. The number of benzene rings is 2. The fourth-order valence-electron chi connectivity index (χ4n) is 3.08. The molecule has 0 bridgehead atoms. The van der Waals surface area contributed by atoms with Gasteiger partial charge in [-0.2, -0.15) is 5.10 Å². The SMILES string of the molecule is O=C1CCC(C(=O)N(CCc2ccccc2)c2nc(-c3ccccc3)cs2)=NN1. The Balaban J connectivity index is 1.60. The summed E-state index contributed by atoms with van der Waals surface area (Å²) >= 11 is 1.43. The molecule has 2 heterocycles. The van der Waals surface area contributed by atoms with E-state index in [4.69, 9.17) is 4.98 Å². The molecule has 0 saturated heterocycles. The topological polar surface area (TPSA) is 74.7 Å². The third-order valence-electron chi connectivity index (χ3n) is 4.66. The highest BCUT2D eigenvalue weighted by Crippen LogP contribution is 2.28. The van der Waals surface area contributed by atoms with Crippen molar-refractivity contribution in [2.75, 3.05) is 11.4 Å². The number of aromatic nitrogens is 1. The lowest BCUT2D eigenvalue weighted by Crippen LogP contribution is -2.41. The molecular formula is C22H20N4O2S. The fourth-order valence-corrected chi connectivity index (χ4v) is 3.94. The van der Waals surface area contributed by atoms with Gasteiger partial charge in [0.25, 0.3) is 5.91 Å². The van der Waals surface area contributed by atoms with Crippen molar-refractivity contribution in [1.82, 2.24) is 10.4 Å². The van der Waals surface area contributed by atoms with Crippen molar-refractivity contribution in [3.8, 4) is 11.3 Å². The third kappa shape index (κ3) is 4.57. The maximum atomic E-state index is 13.2. The first-order valence-electron chi connectivity index (χ1n) is 9.43. The molecule has 1 N–H and O–H groups in total. The highest BCUT2D eigenvalue weighted by molar-refractivity contribution is 7.14. The second-order valence-corrected chi connectivity index (χ2v) is 7.50. The standard InChI is InChI=1S/C22H20N4O2S/c27-20-12-11-18(24-25-20)21(28)26(14-13-16-7-3-1-4-8-16)22-23-19(15-29-22)17-9-5-2-6-10-17/h1-10,15H,11-14H2,(H,25,27). The summed E-state index contributed by atoms with van der Waals surface area (Å²) < 4.78 is 0. The Morgan fingerprint density at radius 3 is 2.45 bits per heavy atom. The Hall–Kier alpha value is -3.32. The van der Waals surface area contributed by atoms with Gasteiger partial charge in [0.15, 0.2) is 5.13 Å². The number of rotatable bonds is 6. The first kappa shape index (κ1) is 19.0. The summed E-state index contributed by atoms with van der Waals surface area (Å²) in [7, 11) is 0. The zero-order valence-electron chi connectivity index (χ0n) is 15.7. The highest BCUT2D eigenvalue weighted by atomic mass is 32.1. The van der Waals surface area contributed by atoms with E-state index in [1.54, 1.807) is 4.90 Å². The maximum Gasteiger partial charge on any atom is 0.276 e. The average Bonchev–Trinajstić information content (AvgIpc) is 3.26. The minimum atomic E-state index is -0.213. The van der Waals surface area contributed by atoms with Gasteiger partial charge < -0.3 is 0 Å². The summed E-state index contributed by atoms with van der Waals surface area (Å²) in [6.07, 6.45) is 1.31. The Morgan fingerprint density at radius 1 is 1.03 bits per heavy atom. The normalized spacial score (nSPS) is 13.5. The summed E-state index contributed by atoms with van der Waals surface area (Å²) in [5, 5.41) is 6.56. The van der Waals surface area contributed by atoms with Crippen LogP contribution in [0, 0.1) is 0 Å². The highest BCUT2D eigenvalue weighted by Gasteiger charge is 2.26. The number of carbonyl (C=O) groups is 2. The number of hydrogen-bond acceptors (Lipinski definition) is 5. The number of nitrogens with zero attached hydrogens (tertiary/aromatic N) is 3. The van der Waals surface area contributed by atoms with E-state index in [1.165, 1.54) is 11.3 Å². The molecule has 0 saturated carbocycles. The van der Waals surface area contributed by atoms with E-state index in [-0.39, 0.29) is 18.2 Å². The number of nitrogens with one attached hydrogen (secondary N) is 1. The van der Waals surface area contributed by atoms with Gasteiger partial charge in [0.05, 0.1) is 5.69 Å². The molecule has 0 fully saturated rings. The van der Waals surface area contributed by atoms with E-state index in [9.17, 15) is 9.59 Å². The summed E-state index contributed by atoms with van der Waals surface area (Å²) in [5.74, 6) is -0.382. The van der Waals surface area contributed by atoms with Crippen molar-refractivity contribution in [1.29, 1.82) is 0 Å². The van der Waals surface area contributed by atoms with E-state index in [0.717, 1.165) is 16.8 Å². The lowest BCUT2D eigenvalue weighted by atomic mass is 10.1. The minimum absolute atomic E-state index is 0.169. The Labute approximate surface area is 172 Å². The lowest BCUT2D eigenvalue weighted by molar-refractivity contribution is -0.121. The summed E-state index contributed by atoms with van der Waals surface area (Å²) in [5.41, 5.74) is 5.75. The van der Waals surface area contributed by atoms with E-state index < -0.39 is 0 Å². The number of hydrazone groups is 1. The zero-order chi connectivity index (χ0) is 20.1. The van der Waals surface area contributed by atoms with Gasteiger partial charge in [0.2, 0.25) is 5.91 Å². The second-order valence-electron chi connectivity index (χ2n) is 6.67. The minimum Gasteiger partial charge on any atom is -0.283 e. The Bertz CT molecular complexity index is 1030. The van der Waals surface area contributed by atoms with Crippen molar-refractivity contribution < 1.29 is 9.59 Å². The van der Waals surface area contributed by atoms with Crippen LogP contribution < -0.4 is 10.3 Å². The van der Waals surface area contributed by atoms with Gasteiger partial charge in [-0.3, -0.25) is 14.5 Å². The number of thiazole rings is 1. The molecule has 7 heteroatoms. The molecule has 2 aromatic carbocycles. The van der Waals surface area contributed by atoms with Gasteiger partial charge in [0, 0.05) is 30.3 Å². The second kappa shape index (κ2) is 8.79. The predicted octanol–water partition coefficient (Wildman–Crippen LogP) is 3.65. The van der Waals surface area contributed by atoms with Gasteiger partial charge in [0.1, 0.15) is 5.71 Å². The number of amides is 2. The van der Waals surface area contributed by atoms with Gasteiger partial charge in [-0.15, -0.1) is 11.3 Å². The molecular weight excluding hydrogens is 384 g/mol. The summed E-state index contributed by atoms with van der Waals surface area (Å²) in [6.45, 7) is 0.484. The first-order valence-corrected chi connectivity index (χ1v) is 10.3. The molecule has 0 unspecified atom stereocenters. The van der Waals surface area contributed by atoms with Crippen molar-refractivity contribution in [2.45, 2.75) is 19.3 Å². The molecule has 146 valence electrons. The largest absolute Gasteiger partial charge is 0.283 e. The van der Waals surface area contributed by atoms with Crippen molar-refractivity contribution in [3.63, 3.8) is 0 Å². The van der Waals surface area contributed by atoms with E-state index in [1.807, 2.05) is 66.0 Å². The average molecular weight is 404 g/mol. The Kier molecular flexibility index (Phi) is 5.76. The van der Waals surface area contributed by atoms with Crippen LogP contribution in [0.1, 0.15) is 18.4 Å². The maximum absolute atomic E-state index is 13.2. The van der Waals surface area contributed by atoms with Gasteiger partial charge in [-0.25, -0.2) is 10.4 Å². The van der Waals surface area contributed by atoms with Crippen LogP contribution in [-0.2, 0) is 16.0 Å².